The van der Waals surface area contributed by atoms with Crippen LogP contribution < -0.4 is 4.74 Å². The SMILES string of the molecule is Cc1ccc(C)c(S(=O)(=O)N2C3CCC2CC(Oc2ccccn2)C3)c1. The Balaban J connectivity index is 1.57. The molecule has 138 valence electrons. The maximum atomic E-state index is 13.4. The quantitative estimate of drug-likeness (QED) is 0.825. The summed E-state index contributed by atoms with van der Waals surface area (Å²) in [6, 6.07) is 11.3. The highest BCUT2D eigenvalue weighted by molar-refractivity contribution is 7.89. The lowest BCUT2D eigenvalue weighted by molar-refractivity contribution is 0.0918. The first-order valence-electron chi connectivity index (χ1n) is 9.13. The number of benzene rings is 1. The van der Waals surface area contributed by atoms with Crippen molar-refractivity contribution < 1.29 is 13.2 Å². The Hall–Kier alpha value is -1.92. The maximum absolute atomic E-state index is 13.4. The summed E-state index contributed by atoms with van der Waals surface area (Å²) in [7, 11) is -3.49. The van der Waals surface area contributed by atoms with E-state index in [-0.39, 0.29) is 18.2 Å². The molecule has 2 aromatic rings. The minimum absolute atomic E-state index is 0.00683. The molecule has 3 heterocycles. The fourth-order valence-electron chi connectivity index (χ4n) is 4.26. The summed E-state index contributed by atoms with van der Waals surface area (Å²) < 4.78 is 34.5. The minimum Gasteiger partial charge on any atom is -0.474 e. The maximum Gasteiger partial charge on any atom is 0.243 e. The molecule has 2 atom stereocenters. The molecule has 2 fully saturated rings. The van der Waals surface area contributed by atoms with Gasteiger partial charge in [-0.25, -0.2) is 13.4 Å². The average Bonchev–Trinajstić information content (AvgIpc) is 2.90. The van der Waals surface area contributed by atoms with E-state index in [9.17, 15) is 8.42 Å². The van der Waals surface area contributed by atoms with Crippen molar-refractivity contribution in [2.24, 2.45) is 0 Å². The summed E-state index contributed by atoms with van der Waals surface area (Å²) in [4.78, 5) is 4.67. The molecule has 2 bridgehead atoms. The van der Waals surface area contributed by atoms with E-state index in [4.69, 9.17) is 4.74 Å². The van der Waals surface area contributed by atoms with Crippen molar-refractivity contribution in [3.05, 3.63) is 53.7 Å². The summed E-state index contributed by atoms with van der Waals surface area (Å²) >= 11 is 0. The van der Waals surface area contributed by atoms with Crippen molar-refractivity contribution in [1.82, 2.24) is 9.29 Å². The van der Waals surface area contributed by atoms with Crippen LogP contribution in [-0.4, -0.2) is 35.9 Å². The van der Waals surface area contributed by atoms with E-state index in [1.165, 1.54) is 0 Å². The van der Waals surface area contributed by atoms with Crippen molar-refractivity contribution >= 4 is 10.0 Å². The fourth-order valence-corrected chi connectivity index (χ4v) is 6.46. The van der Waals surface area contributed by atoms with Gasteiger partial charge in [0.25, 0.3) is 0 Å². The molecular formula is C20H24N2O3S. The number of nitrogens with zero attached hydrogens (tertiary/aromatic N) is 2. The number of aryl methyl sites for hydroxylation is 2. The number of ether oxygens (including phenoxy) is 1. The van der Waals surface area contributed by atoms with Gasteiger partial charge in [0.15, 0.2) is 0 Å². The molecule has 2 unspecified atom stereocenters. The molecular weight excluding hydrogens is 348 g/mol. The second-order valence-electron chi connectivity index (χ2n) is 7.37. The topological polar surface area (TPSA) is 59.5 Å². The third kappa shape index (κ3) is 3.12. The van der Waals surface area contributed by atoms with Gasteiger partial charge in [0.05, 0.1) is 4.90 Å². The van der Waals surface area contributed by atoms with E-state index in [0.29, 0.717) is 10.8 Å². The van der Waals surface area contributed by atoms with Crippen molar-refractivity contribution in [1.29, 1.82) is 0 Å². The Labute approximate surface area is 155 Å². The van der Waals surface area contributed by atoms with Gasteiger partial charge in [-0.2, -0.15) is 4.31 Å². The van der Waals surface area contributed by atoms with Gasteiger partial charge in [0, 0.05) is 37.2 Å². The molecule has 2 saturated heterocycles. The van der Waals surface area contributed by atoms with Crippen LogP contribution in [0.5, 0.6) is 5.88 Å². The van der Waals surface area contributed by atoms with Crippen LogP contribution >= 0.6 is 0 Å². The van der Waals surface area contributed by atoms with Crippen LogP contribution in [0, 0.1) is 13.8 Å². The monoisotopic (exact) mass is 372 g/mol. The number of sulfonamides is 1. The van der Waals surface area contributed by atoms with Crippen LogP contribution in [0.1, 0.15) is 36.8 Å². The van der Waals surface area contributed by atoms with Crippen molar-refractivity contribution in [2.75, 3.05) is 0 Å². The van der Waals surface area contributed by atoms with Crippen LogP contribution in [0.2, 0.25) is 0 Å². The molecule has 4 rings (SSSR count). The number of rotatable bonds is 4. The molecule has 1 aromatic carbocycles. The average molecular weight is 372 g/mol. The molecule has 0 aliphatic carbocycles. The normalized spacial score (nSPS) is 26.0. The second-order valence-corrected chi connectivity index (χ2v) is 9.18. The third-order valence-corrected chi connectivity index (χ3v) is 7.59. The number of hydrogen-bond acceptors (Lipinski definition) is 4. The summed E-state index contributed by atoms with van der Waals surface area (Å²) in [5.74, 6) is 0.614. The summed E-state index contributed by atoms with van der Waals surface area (Å²) in [6.45, 7) is 3.80. The molecule has 0 radical (unpaired) electrons. The lowest BCUT2D eigenvalue weighted by atomic mass is 10.0. The standard InChI is InChI=1S/C20H24N2O3S/c1-14-6-7-15(2)19(11-14)26(23,24)22-16-8-9-17(22)13-18(12-16)25-20-5-3-4-10-21-20/h3-7,10-11,16-18H,8-9,12-13H2,1-2H3. The molecule has 0 amide bonds. The van der Waals surface area contributed by atoms with Gasteiger partial charge in [0.2, 0.25) is 15.9 Å². The Morgan fingerprint density at radius 3 is 2.46 bits per heavy atom. The van der Waals surface area contributed by atoms with Gasteiger partial charge in [-0.1, -0.05) is 18.2 Å². The predicted octanol–water partition coefficient (Wildman–Crippen LogP) is 3.46. The first-order valence-corrected chi connectivity index (χ1v) is 10.6. The first-order chi connectivity index (χ1) is 12.4. The first kappa shape index (κ1) is 17.5. The Morgan fingerprint density at radius 2 is 1.81 bits per heavy atom. The zero-order valence-electron chi connectivity index (χ0n) is 15.1. The zero-order valence-corrected chi connectivity index (χ0v) is 15.9. The summed E-state index contributed by atoms with van der Waals surface area (Å²) in [5, 5.41) is 0. The van der Waals surface area contributed by atoms with Crippen LogP contribution in [0.3, 0.4) is 0 Å². The number of pyridine rings is 1. The van der Waals surface area contributed by atoms with Gasteiger partial charge in [-0.15, -0.1) is 0 Å². The highest BCUT2D eigenvalue weighted by Gasteiger charge is 2.48. The van der Waals surface area contributed by atoms with E-state index < -0.39 is 10.0 Å². The van der Waals surface area contributed by atoms with Crippen LogP contribution in [0.25, 0.3) is 0 Å². The van der Waals surface area contributed by atoms with Gasteiger partial charge in [-0.3, -0.25) is 0 Å². The van der Waals surface area contributed by atoms with E-state index in [2.05, 4.69) is 4.98 Å². The highest BCUT2D eigenvalue weighted by Crippen LogP contribution is 2.41. The van der Waals surface area contributed by atoms with Gasteiger partial charge in [-0.05, 0) is 49.9 Å². The van der Waals surface area contributed by atoms with Crippen molar-refractivity contribution in [3.8, 4) is 5.88 Å². The van der Waals surface area contributed by atoms with E-state index >= 15 is 0 Å². The molecule has 0 saturated carbocycles. The minimum atomic E-state index is -3.49. The third-order valence-electron chi connectivity index (χ3n) is 5.45. The van der Waals surface area contributed by atoms with Crippen LogP contribution in [0.4, 0.5) is 0 Å². The van der Waals surface area contributed by atoms with Crippen molar-refractivity contribution in [2.45, 2.75) is 62.6 Å². The summed E-state index contributed by atoms with van der Waals surface area (Å²) in [6.07, 6.45) is 4.97. The Morgan fingerprint density at radius 1 is 1.08 bits per heavy atom. The highest BCUT2D eigenvalue weighted by atomic mass is 32.2. The van der Waals surface area contributed by atoms with Crippen molar-refractivity contribution in [3.63, 3.8) is 0 Å². The molecule has 1 aromatic heterocycles. The second kappa shape index (κ2) is 6.67. The number of piperidine rings is 1. The zero-order chi connectivity index (χ0) is 18.3. The molecule has 2 aliphatic heterocycles. The summed E-state index contributed by atoms with van der Waals surface area (Å²) in [5.41, 5.74) is 1.77. The molecule has 5 nitrogen and oxygen atoms in total. The Bertz CT molecular complexity index is 885. The lowest BCUT2D eigenvalue weighted by Gasteiger charge is -2.37. The van der Waals surface area contributed by atoms with Crippen LogP contribution in [-0.2, 0) is 10.0 Å². The van der Waals surface area contributed by atoms with Gasteiger partial charge in [0.1, 0.15) is 6.10 Å². The lowest BCUT2D eigenvalue weighted by Crippen LogP contribution is -2.49. The molecule has 0 spiro atoms. The van der Waals surface area contributed by atoms with Gasteiger partial charge < -0.3 is 4.74 Å². The Kier molecular flexibility index (Phi) is 4.49. The fraction of sp³-hybridized carbons (Fsp3) is 0.450. The number of hydrogen-bond donors (Lipinski definition) is 0. The molecule has 0 N–H and O–H groups in total. The number of aromatic nitrogens is 1. The smallest absolute Gasteiger partial charge is 0.243 e. The predicted molar refractivity (Wildman–Crippen MR) is 99.6 cm³/mol. The molecule has 26 heavy (non-hydrogen) atoms. The van der Waals surface area contributed by atoms with E-state index in [0.717, 1.165) is 36.8 Å². The van der Waals surface area contributed by atoms with Gasteiger partial charge >= 0.3 is 0 Å². The molecule has 6 heteroatoms. The van der Waals surface area contributed by atoms with Crippen LogP contribution in [0.15, 0.2) is 47.5 Å². The number of fused-ring (bicyclic) bond motifs is 2. The van der Waals surface area contributed by atoms with E-state index in [1.807, 2.05) is 44.2 Å². The van der Waals surface area contributed by atoms with E-state index in [1.54, 1.807) is 16.6 Å². The largest absolute Gasteiger partial charge is 0.474 e. The molecule has 2 aliphatic rings.